The number of nitrogens with one attached hydrogen (secondary N) is 1. The number of hydrogen-bond acceptors (Lipinski definition) is 3. The van der Waals surface area contributed by atoms with Crippen molar-refractivity contribution in [3.63, 3.8) is 0 Å². The van der Waals surface area contributed by atoms with E-state index in [0.717, 1.165) is 18.8 Å². The lowest BCUT2D eigenvalue weighted by atomic mass is 9.65. The predicted octanol–water partition coefficient (Wildman–Crippen LogP) is 5.05. The second-order valence-electron chi connectivity index (χ2n) is 9.50. The van der Waals surface area contributed by atoms with Crippen LogP contribution in [0.15, 0.2) is 29.3 Å². The average Bonchev–Trinajstić information content (AvgIpc) is 2.67. The Kier molecular flexibility index (Phi) is 6.58. The van der Waals surface area contributed by atoms with Gasteiger partial charge in [-0.3, -0.25) is 14.6 Å². The van der Waals surface area contributed by atoms with Crippen LogP contribution >= 0.6 is 0 Å². The standard InChI is InChI=1S/C14H24F2.C9H7N3O2/c1-13(2)7-3-4-12(10-13)11-5-8-14(15,16)9-6-11;10-9(14)8-7-5(1-3-12-8)11-4-2-6(7)13/h11-12H,3-10H2,1-2H3;1-4H,(H2,10,14)(H,11,13). The number of hydrogen-bond donors (Lipinski definition) is 2. The van der Waals surface area contributed by atoms with Crippen LogP contribution < -0.4 is 11.2 Å². The van der Waals surface area contributed by atoms with Crippen LogP contribution in [0.3, 0.4) is 0 Å². The largest absolute Gasteiger partial charge is 0.364 e. The number of nitrogens with zero attached hydrogens (tertiary/aromatic N) is 1. The first kappa shape index (κ1) is 22.4. The van der Waals surface area contributed by atoms with Gasteiger partial charge < -0.3 is 10.7 Å². The zero-order valence-corrected chi connectivity index (χ0v) is 17.7. The van der Waals surface area contributed by atoms with Crippen molar-refractivity contribution in [2.45, 2.75) is 71.1 Å². The molecular formula is C23H31F2N3O2. The van der Waals surface area contributed by atoms with Gasteiger partial charge in [-0.05, 0) is 49.0 Å². The third-order valence-corrected chi connectivity index (χ3v) is 6.58. The Morgan fingerprint density at radius 1 is 1.13 bits per heavy atom. The molecule has 7 heteroatoms. The molecule has 2 heterocycles. The van der Waals surface area contributed by atoms with E-state index < -0.39 is 11.8 Å². The Bertz CT molecular complexity index is 940. The molecule has 4 rings (SSSR count). The number of fused-ring (bicyclic) bond motifs is 1. The Morgan fingerprint density at radius 3 is 2.47 bits per heavy atom. The first-order valence-corrected chi connectivity index (χ1v) is 10.7. The first-order chi connectivity index (χ1) is 14.1. The van der Waals surface area contributed by atoms with E-state index in [4.69, 9.17) is 5.73 Å². The van der Waals surface area contributed by atoms with E-state index in [1.165, 1.54) is 44.1 Å². The number of carbonyl (C=O) groups is 1. The number of rotatable bonds is 2. The molecule has 164 valence electrons. The number of aromatic amines is 1. The molecule has 1 atom stereocenters. The maximum atomic E-state index is 13.1. The number of alkyl halides is 2. The minimum absolute atomic E-state index is 0.00403. The normalized spacial score (nSPS) is 23.4. The summed E-state index contributed by atoms with van der Waals surface area (Å²) in [6.45, 7) is 4.66. The third-order valence-electron chi connectivity index (χ3n) is 6.58. The van der Waals surface area contributed by atoms with Crippen molar-refractivity contribution in [1.29, 1.82) is 0 Å². The lowest BCUT2D eigenvalue weighted by Crippen LogP contribution is -2.33. The van der Waals surface area contributed by atoms with Gasteiger partial charge in [0.05, 0.1) is 10.9 Å². The molecule has 2 aromatic heterocycles. The van der Waals surface area contributed by atoms with Crippen LogP contribution in [0.25, 0.3) is 10.9 Å². The van der Waals surface area contributed by atoms with Crippen LogP contribution in [-0.2, 0) is 0 Å². The Labute approximate surface area is 175 Å². The van der Waals surface area contributed by atoms with E-state index >= 15 is 0 Å². The van der Waals surface area contributed by atoms with Gasteiger partial charge in [-0.2, -0.15) is 0 Å². The number of carbonyl (C=O) groups excluding carboxylic acids is 1. The number of halogens is 2. The molecule has 1 amide bonds. The summed E-state index contributed by atoms with van der Waals surface area (Å²) in [5, 5.41) is 0.238. The molecule has 0 spiro atoms. The van der Waals surface area contributed by atoms with Crippen molar-refractivity contribution >= 4 is 16.8 Å². The van der Waals surface area contributed by atoms with E-state index in [-0.39, 0.29) is 29.4 Å². The summed E-state index contributed by atoms with van der Waals surface area (Å²) in [4.78, 5) is 29.0. The maximum Gasteiger partial charge on any atom is 0.268 e. The van der Waals surface area contributed by atoms with Crippen molar-refractivity contribution in [1.82, 2.24) is 9.97 Å². The minimum atomic E-state index is -2.36. The van der Waals surface area contributed by atoms with E-state index in [9.17, 15) is 18.4 Å². The SMILES string of the molecule is CC1(C)CCCC(C2CCC(F)(F)CC2)C1.NC(=O)c1nccc2[nH]ccc(=O)c12. The Hall–Kier alpha value is -2.31. The molecular weight excluding hydrogens is 388 g/mol. The van der Waals surface area contributed by atoms with Crippen molar-refractivity contribution in [2.75, 3.05) is 0 Å². The molecule has 0 aliphatic heterocycles. The number of aromatic nitrogens is 2. The molecule has 2 aromatic rings. The second-order valence-corrected chi connectivity index (χ2v) is 9.50. The second kappa shape index (κ2) is 8.82. The van der Waals surface area contributed by atoms with Gasteiger partial charge >= 0.3 is 0 Å². The van der Waals surface area contributed by atoms with Gasteiger partial charge in [-0.1, -0.05) is 26.7 Å². The molecule has 0 saturated heterocycles. The van der Waals surface area contributed by atoms with Crippen molar-refractivity contribution in [3.8, 4) is 0 Å². The van der Waals surface area contributed by atoms with E-state index in [0.29, 0.717) is 16.8 Å². The van der Waals surface area contributed by atoms with E-state index in [1.807, 2.05) is 0 Å². The summed E-state index contributed by atoms with van der Waals surface area (Å²) in [5.74, 6) is -1.76. The molecule has 2 saturated carbocycles. The summed E-state index contributed by atoms with van der Waals surface area (Å²) >= 11 is 0. The van der Waals surface area contributed by atoms with Crippen LogP contribution in [0.4, 0.5) is 8.78 Å². The summed E-state index contributed by atoms with van der Waals surface area (Å²) in [6.07, 6.45) is 9.86. The number of pyridine rings is 2. The monoisotopic (exact) mass is 419 g/mol. The number of nitrogens with two attached hydrogens (primary N) is 1. The summed E-state index contributed by atoms with van der Waals surface area (Å²) in [7, 11) is 0. The fourth-order valence-corrected chi connectivity index (χ4v) is 5.00. The van der Waals surface area contributed by atoms with Crippen molar-refractivity contribution in [2.24, 2.45) is 23.0 Å². The summed E-state index contributed by atoms with van der Waals surface area (Å²) in [5.41, 5.74) is 5.84. The predicted molar refractivity (Wildman–Crippen MR) is 114 cm³/mol. The zero-order chi connectivity index (χ0) is 21.9. The Morgan fingerprint density at radius 2 is 1.83 bits per heavy atom. The average molecular weight is 420 g/mol. The van der Waals surface area contributed by atoms with E-state index in [1.54, 1.807) is 6.07 Å². The first-order valence-electron chi connectivity index (χ1n) is 10.7. The number of H-pyrrole nitrogens is 1. The van der Waals surface area contributed by atoms with Crippen molar-refractivity contribution in [3.05, 3.63) is 40.4 Å². The highest BCUT2D eigenvalue weighted by Gasteiger charge is 2.39. The highest BCUT2D eigenvalue weighted by atomic mass is 19.3. The van der Waals surface area contributed by atoms with Gasteiger partial charge in [0.25, 0.3) is 5.91 Å². The molecule has 2 aliphatic carbocycles. The maximum absolute atomic E-state index is 13.1. The highest BCUT2D eigenvalue weighted by Crippen LogP contribution is 2.47. The molecule has 0 radical (unpaired) electrons. The fourth-order valence-electron chi connectivity index (χ4n) is 5.00. The third kappa shape index (κ3) is 5.43. The fraction of sp³-hybridized carbons (Fsp3) is 0.609. The Balaban J connectivity index is 0.000000172. The topological polar surface area (TPSA) is 88.8 Å². The number of amides is 1. The number of primary amides is 1. The molecule has 1 unspecified atom stereocenters. The zero-order valence-electron chi connectivity index (χ0n) is 17.7. The van der Waals surface area contributed by atoms with E-state index in [2.05, 4.69) is 23.8 Å². The molecule has 2 fully saturated rings. The van der Waals surface area contributed by atoms with Crippen LogP contribution in [0.5, 0.6) is 0 Å². The smallest absolute Gasteiger partial charge is 0.268 e. The van der Waals surface area contributed by atoms with Crippen molar-refractivity contribution < 1.29 is 13.6 Å². The van der Waals surface area contributed by atoms with Gasteiger partial charge in [-0.15, -0.1) is 0 Å². The quantitative estimate of drug-likeness (QED) is 0.714. The molecule has 0 aromatic carbocycles. The minimum Gasteiger partial charge on any atom is -0.364 e. The molecule has 5 nitrogen and oxygen atoms in total. The van der Waals surface area contributed by atoms with Gasteiger partial charge in [0.15, 0.2) is 5.43 Å². The molecule has 0 bridgehead atoms. The molecule has 30 heavy (non-hydrogen) atoms. The van der Waals surface area contributed by atoms with Gasteiger partial charge in [-0.25, -0.2) is 8.78 Å². The van der Waals surface area contributed by atoms with Crippen LogP contribution in [0.1, 0.15) is 75.7 Å². The molecule has 3 N–H and O–H groups in total. The highest BCUT2D eigenvalue weighted by molar-refractivity contribution is 6.03. The van der Waals surface area contributed by atoms with Crippen LogP contribution in [0, 0.1) is 17.3 Å². The van der Waals surface area contributed by atoms with Gasteiger partial charge in [0.2, 0.25) is 5.92 Å². The van der Waals surface area contributed by atoms with Gasteiger partial charge in [0, 0.05) is 31.3 Å². The lowest BCUT2D eigenvalue weighted by Gasteiger charge is -2.41. The molecule has 2 aliphatic rings. The summed E-state index contributed by atoms with van der Waals surface area (Å²) < 4.78 is 26.2. The van der Waals surface area contributed by atoms with Crippen LogP contribution in [0.2, 0.25) is 0 Å². The summed E-state index contributed by atoms with van der Waals surface area (Å²) in [6, 6.07) is 2.94. The lowest BCUT2D eigenvalue weighted by molar-refractivity contribution is -0.0572. The van der Waals surface area contributed by atoms with Crippen LogP contribution in [-0.4, -0.2) is 21.8 Å². The van der Waals surface area contributed by atoms with Gasteiger partial charge in [0.1, 0.15) is 5.69 Å².